The number of ether oxygens (including phenoxy) is 1. The van der Waals surface area contributed by atoms with E-state index >= 15 is 0 Å². The number of thioether (sulfide) groups is 1. The Bertz CT molecular complexity index is 2170. The lowest BCUT2D eigenvalue weighted by atomic mass is 10.1. The molecule has 0 saturated heterocycles. The van der Waals surface area contributed by atoms with Gasteiger partial charge < -0.3 is 20.7 Å². The lowest BCUT2D eigenvalue weighted by Gasteiger charge is -2.17. The molecule has 6 rings (SSSR count). The van der Waals surface area contributed by atoms with Gasteiger partial charge in [-0.2, -0.15) is 0 Å². The number of hydrogen-bond donors (Lipinski definition) is 3. The Morgan fingerprint density at radius 3 is 2.25 bits per heavy atom. The zero-order valence-corrected chi connectivity index (χ0v) is 29.6. The molecule has 6 aromatic rings. The second-order valence-corrected chi connectivity index (χ2v) is 13.5. The zero-order chi connectivity index (χ0) is 35.6. The van der Waals surface area contributed by atoms with E-state index in [-0.39, 0.29) is 11.6 Å². The number of carbonyl (C=O) groups is 3. The fourth-order valence-electron chi connectivity index (χ4n) is 4.99. The fourth-order valence-corrected chi connectivity index (χ4v) is 6.96. The molecule has 0 aliphatic carbocycles. The van der Waals surface area contributed by atoms with E-state index in [2.05, 4.69) is 20.9 Å². The molecular formula is C40H31ClN4O4S2. The number of nitrogens with one attached hydrogen (secondary N) is 3. The largest absolute Gasteiger partial charge is 0.497 e. The van der Waals surface area contributed by atoms with Gasteiger partial charge in [0, 0.05) is 32.1 Å². The molecule has 0 fully saturated rings. The summed E-state index contributed by atoms with van der Waals surface area (Å²) in [6, 6.07) is 39.9. The summed E-state index contributed by atoms with van der Waals surface area (Å²) in [7, 11) is 1.56. The van der Waals surface area contributed by atoms with Crippen LogP contribution in [0.2, 0.25) is 5.02 Å². The van der Waals surface area contributed by atoms with Gasteiger partial charge in [-0.25, -0.2) is 4.98 Å². The number of rotatable bonds is 12. The lowest BCUT2D eigenvalue weighted by Crippen LogP contribution is -2.30. The monoisotopic (exact) mass is 730 g/mol. The normalized spacial score (nSPS) is 11.7. The van der Waals surface area contributed by atoms with Crippen LogP contribution in [0, 0.1) is 0 Å². The number of halogens is 1. The molecule has 1 heterocycles. The average Bonchev–Trinajstić information content (AvgIpc) is 3.63. The number of methoxy groups -OCH3 is 1. The van der Waals surface area contributed by atoms with Gasteiger partial charge in [-0.15, -0.1) is 23.1 Å². The highest BCUT2D eigenvalue weighted by Crippen LogP contribution is 2.38. The van der Waals surface area contributed by atoms with Crippen molar-refractivity contribution in [2.24, 2.45) is 0 Å². The average molecular weight is 731 g/mol. The minimum absolute atomic E-state index is 0.0521. The third-order valence-corrected chi connectivity index (χ3v) is 9.88. The first-order valence-electron chi connectivity index (χ1n) is 15.7. The van der Waals surface area contributed by atoms with Crippen molar-refractivity contribution in [3.05, 3.63) is 166 Å². The summed E-state index contributed by atoms with van der Waals surface area (Å²) in [5, 5.41) is 10.9. The Kier molecular flexibility index (Phi) is 11.6. The first-order valence-corrected chi connectivity index (χ1v) is 17.9. The number of anilines is 2. The van der Waals surface area contributed by atoms with Crippen molar-refractivity contribution in [1.29, 1.82) is 0 Å². The Morgan fingerprint density at radius 1 is 0.824 bits per heavy atom. The number of carbonyl (C=O) groups excluding carboxylic acids is 3. The lowest BCUT2D eigenvalue weighted by molar-refractivity contribution is -0.116. The highest BCUT2D eigenvalue weighted by atomic mass is 35.5. The van der Waals surface area contributed by atoms with E-state index in [0.717, 1.165) is 16.0 Å². The smallest absolute Gasteiger partial charge is 0.272 e. The predicted molar refractivity (Wildman–Crippen MR) is 206 cm³/mol. The van der Waals surface area contributed by atoms with E-state index in [1.54, 1.807) is 73.8 Å². The summed E-state index contributed by atoms with van der Waals surface area (Å²) in [5.74, 6) is -0.551. The van der Waals surface area contributed by atoms with Gasteiger partial charge in [0.05, 0.1) is 12.8 Å². The van der Waals surface area contributed by atoms with Gasteiger partial charge in [0.1, 0.15) is 16.7 Å². The van der Waals surface area contributed by atoms with Gasteiger partial charge in [-0.1, -0.05) is 90.5 Å². The molecule has 0 radical (unpaired) electrons. The van der Waals surface area contributed by atoms with Crippen LogP contribution in [0.25, 0.3) is 17.3 Å². The van der Waals surface area contributed by atoms with Gasteiger partial charge in [-0.05, 0) is 71.8 Å². The number of nitrogens with zero attached hydrogens (tertiary/aromatic N) is 1. The van der Waals surface area contributed by atoms with Gasteiger partial charge in [0.25, 0.3) is 11.8 Å². The van der Waals surface area contributed by atoms with Crippen molar-refractivity contribution in [2.45, 2.75) is 10.1 Å². The van der Waals surface area contributed by atoms with Crippen molar-refractivity contribution in [2.75, 3.05) is 17.7 Å². The molecule has 1 aromatic heterocycles. The van der Waals surface area contributed by atoms with E-state index in [4.69, 9.17) is 16.3 Å². The molecule has 3 amide bonds. The summed E-state index contributed by atoms with van der Waals surface area (Å²) in [6.07, 6.45) is 1.59. The number of aromatic nitrogens is 1. The minimum Gasteiger partial charge on any atom is -0.497 e. The van der Waals surface area contributed by atoms with Gasteiger partial charge in [0.2, 0.25) is 5.91 Å². The highest BCUT2D eigenvalue weighted by molar-refractivity contribution is 8.00. The quantitative estimate of drug-likeness (QED) is 0.0856. The predicted octanol–water partition coefficient (Wildman–Crippen LogP) is 9.35. The molecule has 0 saturated carbocycles. The molecule has 5 aromatic carbocycles. The molecule has 3 N–H and O–H groups in total. The van der Waals surface area contributed by atoms with Crippen LogP contribution in [0.15, 0.2) is 149 Å². The maximum absolute atomic E-state index is 13.7. The number of thiazole rings is 1. The van der Waals surface area contributed by atoms with Crippen molar-refractivity contribution >= 4 is 69.3 Å². The van der Waals surface area contributed by atoms with Crippen molar-refractivity contribution in [3.8, 4) is 17.0 Å². The molecule has 0 spiro atoms. The molecule has 0 aliphatic heterocycles. The first-order chi connectivity index (χ1) is 24.9. The summed E-state index contributed by atoms with van der Waals surface area (Å²) in [4.78, 5) is 45.7. The van der Waals surface area contributed by atoms with E-state index in [1.807, 2.05) is 78.2 Å². The highest BCUT2D eigenvalue weighted by Gasteiger charge is 2.24. The molecule has 0 bridgehead atoms. The second kappa shape index (κ2) is 16.8. The van der Waals surface area contributed by atoms with Crippen LogP contribution in [-0.4, -0.2) is 29.8 Å². The van der Waals surface area contributed by atoms with E-state index < -0.39 is 17.1 Å². The van der Waals surface area contributed by atoms with Crippen LogP contribution in [0.4, 0.5) is 10.8 Å². The van der Waals surface area contributed by atoms with Gasteiger partial charge >= 0.3 is 0 Å². The third-order valence-electron chi connectivity index (χ3n) is 7.52. The fraction of sp³-hybridized carbons (Fsp3) is 0.0500. The number of hydrogen-bond acceptors (Lipinski definition) is 7. The number of benzene rings is 5. The van der Waals surface area contributed by atoms with Gasteiger partial charge in [0.15, 0.2) is 5.13 Å². The second-order valence-electron chi connectivity index (χ2n) is 11.0. The van der Waals surface area contributed by atoms with Crippen LogP contribution in [0.1, 0.15) is 26.7 Å². The Balaban J connectivity index is 1.18. The van der Waals surface area contributed by atoms with Crippen molar-refractivity contribution in [1.82, 2.24) is 10.3 Å². The summed E-state index contributed by atoms with van der Waals surface area (Å²) >= 11 is 9.06. The van der Waals surface area contributed by atoms with Crippen LogP contribution in [-0.2, 0) is 9.59 Å². The van der Waals surface area contributed by atoms with Gasteiger partial charge in [-0.3, -0.25) is 14.4 Å². The molecule has 8 nitrogen and oxygen atoms in total. The molecular weight excluding hydrogens is 700 g/mol. The van der Waals surface area contributed by atoms with Crippen LogP contribution in [0.3, 0.4) is 0 Å². The van der Waals surface area contributed by atoms with Crippen LogP contribution < -0.4 is 20.7 Å². The molecule has 1 atom stereocenters. The zero-order valence-electron chi connectivity index (χ0n) is 27.2. The Morgan fingerprint density at radius 2 is 1.53 bits per heavy atom. The molecule has 1 unspecified atom stereocenters. The van der Waals surface area contributed by atoms with Crippen molar-refractivity contribution in [3.63, 3.8) is 0 Å². The molecule has 11 heteroatoms. The maximum Gasteiger partial charge on any atom is 0.272 e. The SMILES string of the molecule is COc1cccc(/C=C(\NC(=O)c2ccccc2)C(=O)Nc2ccc(SC(C(=O)Nc3nc(-c4ccccc4Cl)cs3)c3ccccc3)cc2)c1. The molecule has 0 aliphatic rings. The van der Waals surface area contributed by atoms with Crippen LogP contribution in [0.5, 0.6) is 5.75 Å². The van der Waals surface area contributed by atoms with E-state index in [9.17, 15) is 14.4 Å². The number of amides is 3. The first kappa shape index (κ1) is 35.2. The summed E-state index contributed by atoms with van der Waals surface area (Å²) in [6.45, 7) is 0. The van der Waals surface area contributed by atoms with Crippen LogP contribution >= 0.6 is 34.7 Å². The molecule has 51 heavy (non-hydrogen) atoms. The minimum atomic E-state index is -0.593. The van der Waals surface area contributed by atoms with E-state index in [1.165, 1.54) is 23.1 Å². The maximum atomic E-state index is 13.7. The summed E-state index contributed by atoms with van der Waals surface area (Å²) < 4.78 is 5.32. The van der Waals surface area contributed by atoms with E-state index in [0.29, 0.717) is 38.4 Å². The third kappa shape index (κ3) is 9.31. The van der Waals surface area contributed by atoms with Crippen molar-refractivity contribution < 1.29 is 19.1 Å². The Hall–Kier alpha value is -5.68. The summed E-state index contributed by atoms with van der Waals surface area (Å²) in [5.41, 5.74) is 3.93. The standard InChI is InChI=1S/C40H31ClN4O4S2/c1-49-30-16-10-11-26(23-30)24-34(43-37(46)28-14-6-3-7-15-28)38(47)42-29-19-21-31(22-20-29)51-36(27-12-4-2-5-13-27)39(48)45-40-44-35(25-50-40)32-17-8-9-18-33(32)41/h2-25,36H,1H3,(H,42,47)(H,43,46)(H,44,45,48)/b34-24-. The molecule has 254 valence electrons. The topological polar surface area (TPSA) is 109 Å². The Labute approximate surface area is 308 Å².